The third kappa shape index (κ3) is 3.81. The molecule has 4 rings (SSSR count). The Morgan fingerprint density at radius 1 is 1.00 bits per heavy atom. The van der Waals surface area contributed by atoms with Crippen LogP contribution in [0.2, 0.25) is 0 Å². The first kappa shape index (κ1) is 18.0. The lowest BCUT2D eigenvalue weighted by atomic mass is 10.1. The van der Waals surface area contributed by atoms with Crippen molar-refractivity contribution in [1.82, 2.24) is 9.55 Å². The number of carbonyl (C=O) groups is 1. The van der Waals surface area contributed by atoms with Gasteiger partial charge < -0.3 is 9.88 Å². The van der Waals surface area contributed by atoms with Gasteiger partial charge in [0.1, 0.15) is 5.82 Å². The summed E-state index contributed by atoms with van der Waals surface area (Å²) in [5.74, 6) is 0.879. The van der Waals surface area contributed by atoms with Crippen LogP contribution >= 0.6 is 0 Å². The highest BCUT2D eigenvalue weighted by atomic mass is 16.1. The number of amides is 1. The predicted octanol–water partition coefficient (Wildman–Crippen LogP) is 5.21. The van der Waals surface area contributed by atoms with Gasteiger partial charge in [0.05, 0.1) is 11.0 Å². The van der Waals surface area contributed by atoms with E-state index in [9.17, 15) is 4.79 Å². The fourth-order valence-corrected chi connectivity index (χ4v) is 3.48. The Morgan fingerprint density at radius 2 is 1.75 bits per heavy atom. The van der Waals surface area contributed by atoms with E-state index < -0.39 is 0 Å². The molecule has 4 nitrogen and oxygen atoms in total. The Kier molecular flexibility index (Phi) is 4.94. The van der Waals surface area contributed by atoms with Gasteiger partial charge in [-0.2, -0.15) is 0 Å². The van der Waals surface area contributed by atoms with Crippen molar-refractivity contribution in [3.63, 3.8) is 0 Å². The topological polar surface area (TPSA) is 46.9 Å². The van der Waals surface area contributed by atoms with Crippen molar-refractivity contribution in [2.75, 3.05) is 5.32 Å². The number of aryl methyl sites for hydroxylation is 3. The van der Waals surface area contributed by atoms with Gasteiger partial charge in [-0.3, -0.25) is 4.79 Å². The predicted molar refractivity (Wildman–Crippen MR) is 114 cm³/mol. The quantitative estimate of drug-likeness (QED) is 0.525. The molecule has 28 heavy (non-hydrogen) atoms. The largest absolute Gasteiger partial charge is 0.326 e. The highest BCUT2D eigenvalue weighted by Crippen LogP contribution is 2.27. The summed E-state index contributed by atoms with van der Waals surface area (Å²) in [5, 5.41) is 2.81. The highest BCUT2D eigenvalue weighted by molar-refractivity contribution is 5.89. The van der Waals surface area contributed by atoms with Crippen LogP contribution in [0.5, 0.6) is 0 Å². The summed E-state index contributed by atoms with van der Waals surface area (Å²) < 4.78 is 2.29. The number of rotatable bonds is 5. The molecule has 1 heterocycles. The molecule has 4 aromatic rings. The van der Waals surface area contributed by atoms with Gasteiger partial charge in [-0.1, -0.05) is 36.4 Å². The molecule has 0 saturated carbocycles. The van der Waals surface area contributed by atoms with E-state index in [0.29, 0.717) is 0 Å². The van der Waals surface area contributed by atoms with Crippen LogP contribution in [-0.4, -0.2) is 15.5 Å². The molecular formula is C24H23N3O. The summed E-state index contributed by atoms with van der Waals surface area (Å²) in [5.41, 5.74) is 6.49. The minimum atomic E-state index is -0.0710. The summed E-state index contributed by atoms with van der Waals surface area (Å²) in [7, 11) is 0. The Bertz CT molecular complexity index is 1110. The number of hydrogen-bond acceptors (Lipinski definition) is 2. The van der Waals surface area contributed by atoms with Gasteiger partial charge in [0.15, 0.2) is 0 Å². The maximum Gasteiger partial charge on any atom is 0.221 e. The first-order valence-corrected chi connectivity index (χ1v) is 9.49. The maximum atomic E-state index is 11.3. The summed E-state index contributed by atoms with van der Waals surface area (Å²) in [6.45, 7) is 4.45. The third-order valence-electron chi connectivity index (χ3n) is 4.83. The third-order valence-corrected chi connectivity index (χ3v) is 4.83. The second-order valence-corrected chi connectivity index (χ2v) is 7.07. The van der Waals surface area contributed by atoms with E-state index in [4.69, 9.17) is 4.98 Å². The van der Waals surface area contributed by atoms with Crippen molar-refractivity contribution in [3.05, 3.63) is 83.9 Å². The van der Waals surface area contributed by atoms with E-state index in [1.54, 1.807) is 0 Å². The molecule has 140 valence electrons. The maximum absolute atomic E-state index is 11.3. The number of benzene rings is 3. The molecule has 0 spiro atoms. The van der Waals surface area contributed by atoms with E-state index in [1.807, 2.05) is 30.3 Å². The lowest BCUT2D eigenvalue weighted by molar-refractivity contribution is -0.114. The highest BCUT2D eigenvalue weighted by Gasteiger charge is 2.13. The van der Waals surface area contributed by atoms with Gasteiger partial charge >= 0.3 is 0 Å². The van der Waals surface area contributed by atoms with Crippen molar-refractivity contribution < 1.29 is 4.79 Å². The zero-order chi connectivity index (χ0) is 19.5. The zero-order valence-electron chi connectivity index (χ0n) is 16.1. The molecule has 0 radical (unpaired) electrons. The number of nitrogens with one attached hydrogen (secondary N) is 1. The zero-order valence-corrected chi connectivity index (χ0v) is 16.1. The molecule has 0 fully saturated rings. The van der Waals surface area contributed by atoms with Gasteiger partial charge in [-0.25, -0.2) is 4.98 Å². The van der Waals surface area contributed by atoms with Gasteiger partial charge in [-0.05, 0) is 60.9 Å². The molecule has 0 aliphatic heterocycles. The van der Waals surface area contributed by atoms with Crippen molar-refractivity contribution in [3.8, 4) is 11.4 Å². The number of fused-ring (bicyclic) bond motifs is 1. The minimum Gasteiger partial charge on any atom is -0.326 e. The molecule has 1 N–H and O–H groups in total. The first-order valence-electron chi connectivity index (χ1n) is 9.49. The first-order chi connectivity index (χ1) is 13.6. The molecule has 1 amide bonds. The molecule has 0 aliphatic carbocycles. The van der Waals surface area contributed by atoms with Crippen molar-refractivity contribution >= 4 is 22.6 Å². The van der Waals surface area contributed by atoms with E-state index in [1.165, 1.54) is 18.1 Å². The number of imidazole rings is 1. The summed E-state index contributed by atoms with van der Waals surface area (Å²) in [6, 6.07) is 24.8. The fourth-order valence-electron chi connectivity index (χ4n) is 3.48. The fraction of sp³-hybridized carbons (Fsp3) is 0.167. The summed E-state index contributed by atoms with van der Waals surface area (Å²) in [6.07, 6.45) is 0.942. The van der Waals surface area contributed by atoms with Crippen LogP contribution in [0.1, 0.15) is 18.1 Å². The smallest absolute Gasteiger partial charge is 0.221 e. The SMILES string of the molecule is CC(=O)Nc1ccc(-c2nc3cc(C)ccc3n2CCc2ccccc2)cc1. The minimum absolute atomic E-state index is 0.0710. The van der Waals surface area contributed by atoms with E-state index in [2.05, 4.69) is 59.3 Å². The van der Waals surface area contributed by atoms with E-state index in [-0.39, 0.29) is 5.91 Å². The molecular weight excluding hydrogens is 346 g/mol. The van der Waals surface area contributed by atoms with Crippen molar-refractivity contribution in [1.29, 1.82) is 0 Å². The molecule has 0 aliphatic rings. The molecule has 0 unspecified atom stereocenters. The lowest BCUT2D eigenvalue weighted by Crippen LogP contribution is -2.06. The molecule has 4 heteroatoms. The number of anilines is 1. The molecule has 3 aromatic carbocycles. The molecule has 0 atom stereocenters. The van der Waals surface area contributed by atoms with Crippen molar-refractivity contribution in [2.24, 2.45) is 0 Å². The Labute approximate surface area is 164 Å². The Balaban J connectivity index is 1.73. The van der Waals surface area contributed by atoms with Crippen molar-refractivity contribution in [2.45, 2.75) is 26.8 Å². The van der Waals surface area contributed by atoms with E-state index >= 15 is 0 Å². The van der Waals surface area contributed by atoms with Crippen LogP contribution in [0.15, 0.2) is 72.8 Å². The van der Waals surface area contributed by atoms with Crippen LogP contribution in [0.3, 0.4) is 0 Å². The number of aromatic nitrogens is 2. The molecule has 1 aromatic heterocycles. The summed E-state index contributed by atoms with van der Waals surface area (Å²) >= 11 is 0. The number of carbonyl (C=O) groups excluding carboxylic acids is 1. The normalized spacial score (nSPS) is 10.9. The monoisotopic (exact) mass is 369 g/mol. The lowest BCUT2D eigenvalue weighted by Gasteiger charge is -2.10. The average Bonchev–Trinajstić information content (AvgIpc) is 3.05. The van der Waals surface area contributed by atoms with Gasteiger partial charge in [0.2, 0.25) is 5.91 Å². The standard InChI is InChI=1S/C24H23N3O/c1-17-8-13-23-22(16-17)26-24(20-9-11-21(12-10-20)25-18(2)28)27(23)15-14-19-6-4-3-5-7-19/h3-13,16H,14-15H2,1-2H3,(H,25,28). The second-order valence-electron chi connectivity index (χ2n) is 7.07. The average molecular weight is 369 g/mol. The van der Waals surface area contributed by atoms with Gasteiger partial charge in [0, 0.05) is 24.7 Å². The van der Waals surface area contributed by atoms with Crippen LogP contribution in [-0.2, 0) is 17.8 Å². The second kappa shape index (κ2) is 7.69. The van der Waals surface area contributed by atoms with Gasteiger partial charge in [0.25, 0.3) is 0 Å². The molecule has 0 bridgehead atoms. The summed E-state index contributed by atoms with van der Waals surface area (Å²) in [4.78, 5) is 16.2. The van der Waals surface area contributed by atoms with Crippen LogP contribution < -0.4 is 5.32 Å². The molecule has 0 saturated heterocycles. The Morgan fingerprint density at radius 3 is 2.46 bits per heavy atom. The van der Waals surface area contributed by atoms with Crippen LogP contribution in [0.4, 0.5) is 5.69 Å². The van der Waals surface area contributed by atoms with Crippen LogP contribution in [0.25, 0.3) is 22.4 Å². The van der Waals surface area contributed by atoms with E-state index in [0.717, 1.165) is 41.1 Å². The number of hydrogen-bond donors (Lipinski definition) is 1. The van der Waals surface area contributed by atoms with Gasteiger partial charge in [-0.15, -0.1) is 0 Å². The van der Waals surface area contributed by atoms with Crippen LogP contribution in [0, 0.1) is 6.92 Å². The Hall–Kier alpha value is -3.40. The number of nitrogens with zero attached hydrogens (tertiary/aromatic N) is 2.